The van der Waals surface area contributed by atoms with Gasteiger partial charge in [-0.25, -0.2) is 0 Å². The Kier molecular flexibility index (Phi) is 4.22. The summed E-state index contributed by atoms with van der Waals surface area (Å²) in [4.78, 5) is 0. The molecule has 0 aliphatic heterocycles. The summed E-state index contributed by atoms with van der Waals surface area (Å²) in [5, 5.41) is 0. The van der Waals surface area contributed by atoms with Gasteiger partial charge in [0, 0.05) is 0 Å². The monoisotopic (exact) mass is 318 g/mol. The van der Waals surface area contributed by atoms with Crippen LogP contribution >= 0.6 is 0 Å². The fraction of sp³-hybridized carbons (Fsp3) is 0. The molecule has 0 saturated heterocycles. The van der Waals surface area contributed by atoms with Gasteiger partial charge in [0.2, 0.25) is 0 Å². The quantitative estimate of drug-likeness (QED) is 0.469. The van der Waals surface area contributed by atoms with Crippen LogP contribution in [-0.2, 0) is 0 Å². The zero-order valence-corrected chi connectivity index (χ0v) is 14.3. The van der Waals surface area contributed by atoms with Crippen molar-refractivity contribution in [3.63, 3.8) is 0 Å². The molecule has 0 aliphatic rings. The molecule has 0 radical (unpaired) electrons. The molecular formula is C24H19B. The zero-order chi connectivity index (χ0) is 17.1. The van der Waals surface area contributed by atoms with Crippen molar-refractivity contribution < 1.29 is 0 Å². The van der Waals surface area contributed by atoms with Gasteiger partial charge in [0.15, 0.2) is 0 Å². The second kappa shape index (κ2) is 6.82. The van der Waals surface area contributed by atoms with Crippen molar-refractivity contribution in [2.75, 3.05) is 0 Å². The Hall–Kier alpha value is -3.06. The van der Waals surface area contributed by atoms with E-state index in [0.717, 1.165) is 0 Å². The molecular weight excluding hydrogens is 299 g/mol. The third-order valence-electron chi connectivity index (χ3n) is 4.55. The molecule has 0 fully saturated rings. The average molecular weight is 318 g/mol. The van der Waals surface area contributed by atoms with Gasteiger partial charge in [-0.15, -0.1) is 0 Å². The maximum Gasteiger partial charge on any atom is 0.139 e. The van der Waals surface area contributed by atoms with Gasteiger partial charge in [-0.3, -0.25) is 0 Å². The second-order valence-corrected chi connectivity index (χ2v) is 6.39. The number of rotatable bonds is 3. The molecule has 0 aliphatic carbocycles. The molecule has 25 heavy (non-hydrogen) atoms. The zero-order valence-electron chi connectivity index (χ0n) is 14.3. The Balaban J connectivity index is 1.73. The first-order valence-electron chi connectivity index (χ1n) is 8.62. The molecule has 118 valence electrons. The summed E-state index contributed by atoms with van der Waals surface area (Å²) in [6.45, 7) is 0. The lowest BCUT2D eigenvalue weighted by atomic mass is 9.92. The Labute approximate surface area is 150 Å². The lowest BCUT2D eigenvalue weighted by molar-refractivity contribution is 1.58. The van der Waals surface area contributed by atoms with Gasteiger partial charge in [-0.2, -0.15) is 0 Å². The van der Waals surface area contributed by atoms with Crippen molar-refractivity contribution in [2.24, 2.45) is 0 Å². The van der Waals surface area contributed by atoms with Gasteiger partial charge in [0.05, 0.1) is 0 Å². The summed E-state index contributed by atoms with van der Waals surface area (Å²) in [5.41, 5.74) is 8.79. The van der Waals surface area contributed by atoms with Gasteiger partial charge in [-0.05, 0) is 45.5 Å². The molecule has 0 unspecified atom stereocenters. The van der Waals surface area contributed by atoms with Gasteiger partial charge in [0.1, 0.15) is 7.85 Å². The largest absolute Gasteiger partial charge is 0.139 e. The lowest BCUT2D eigenvalue weighted by Crippen LogP contribution is -1.99. The van der Waals surface area contributed by atoms with Crippen molar-refractivity contribution in [3.05, 3.63) is 103 Å². The van der Waals surface area contributed by atoms with Gasteiger partial charge >= 0.3 is 0 Å². The van der Waals surface area contributed by atoms with Gasteiger partial charge in [0.25, 0.3) is 0 Å². The summed E-state index contributed by atoms with van der Waals surface area (Å²) in [6, 6.07) is 36.8. The third kappa shape index (κ3) is 3.41. The molecule has 1 heteroatoms. The van der Waals surface area contributed by atoms with Crippen molar-refractivity contribution in [2.45, 2.75) is 0 Å². The van der Waals surface area contributed by atoms with Gasteiger partial charge in [-0.1, -0.05) is 96.5 Å². The van der Waals surface area contributed by atoms with Crippen LogP contribution in [-0.4, -0.2) is 7.85 Å². The Morgan fingerprint density at radius 3 is 1.28 bits per heavy atom. The molecule has 4 aromatic carbocycles. The van der Waals surface area contributed by atoms with E-state index in [4.69, 9.17) is 0 Å². The van der Waals surface area contributed by atoms with Crippen LogP contribution in [0.15, 0.2) is 103 Å². The van der Waals surface area contributed by atoms with Gasteiger partial charge < -0.3 is 0 Å². The molecule has 0 atom stereocenters. The maximum atomic E-state index is 2.27. The Morgan fingerprint density at radius 1 is 0.360 bits per heavy atom. The molecule has 4 aromatic rings. The smallest absolute Gasteiger partial charge is 0.0889 e. The summed E-state index contributed by atoms with van der Waals surface area (Å²) in [5.74, 6) is 0. The topological polar surface area (TPSA) is 0 Å². The second-order valence-electron chi connectivity index (χ2n) is 6.39. The third-order valence-corrected chi connectivity index (χ3v) is 4.55. The highest BCUT2D eigenvalue weighted by Crippen LogP contribution is 2.29. The lowest BCUT2D eigenvalue weighted by Gasteiger charge is -2.09. The van der Waals surface area contributed by atoms with Crippen LogP contribution in [0.4, 0.5) is 0 Å². The predicted molar refractivity (Wildman–Crippen MR) is 111 cm³/mol. The normalized spacial score (nSPS) is 10.6. The molecule has 0 saturated carbocycles. The molecule has 0 N–H and O–H groups in total. The highest BCUT2D eigenvalue weighted by Gasteiger charge is 2.04. The van der Waals surface area contributed by atoms with Crippen LogP contribution in [0.1, 0.15) is 0 Å². The van der Waals surface area contributed by atoms with E-state index in [1.165, 1.54) is 38.8 Å². The van der Waals surface area contributed by atoms with Crippen molar-refractivity contribution in [1.82, 2.24) is 0 Å². The summed E-state index contributed by atoms with van der Waals surface area (Å²) >= 11 is 0. The fourth-order valence-electron chi connectivity index (χ4n) is 3.13. The van der Waals surface area contributed by atoms with E-state index in [-0.39, 0.29) is 0 Å². The van der Waals surface area contributed by atoms with E-state index in [9.17, 15) is 0 Å². The Morgan fingerprint density at radius 2 is 0.760 bits per heavy atom. The first-order chi connectivity index (χ1) is 12.3. The predicted octanol–water partition coefficient (Wildman–Crippen LogP) is 4.95. The van der Waals surface area contributed by atoms with E-state index in [2.05, 4.69) is 111 Å². The van der Waals surface area contributed by atoms with Crippen LogP contribution in [0.2, 0.25) is 0 Å². The molecule has 0 heterocycles. The van der Waals surface area contributed by atoms with Crippen LogP contribution in [0.5, 0.6) is 0 Å². The summed E-state index contributed by atoms with van der Waals surface area (Å²) < 4.78 is 0. The number of hydrogen-bond donors (Lipinski definition) is 0. The molecule has 0 bridgehead atoms. The molecule has 0 spiro atoms. The minimum atomic E-state index is 1.25. The molecule has 0 amide bonds. The van der Waals surface area contributed by atoms with Crippen LogP contribution < -0.4 is 5.46 Å². The van der Waals surface area contributed by atoms with E-state index in [1.807, 2.05) is 0 Å². The minimum absolute atomic E-state index is 1.25. The number of benzene rings is 4. The van der Waals surface area contributed by atoms with Crippen LogP contribution in [0.25, 0.3) is 33.4 Å². The standard InChI is InChI=1S/C24H19B/c25-24-14-12-19(13-15-24)21-9-5-11-23(17-21)22-10-4-8-20(16-22)18-6-2-1-3-7-18/h1-17H,25H2. The highest BCUT2D eigenvalue weighted by atomic mass is 14.1. The van der Waals surface area contributed by atoms with Crippen LogP contribution in [0, 0.1) is 0 Å². The first kappa shape index (κ1) is 15.5. The van der Waals surface area contributed by atoms with Crippen molar-refractivity contribution in [3.8, 4) is 33.4 Å². The maximum absolute atomic E-state index is 2.27. The van der Waals surface area contributed by atoms with E-state index < -0.39 is 0 Å². The fourth-order valence-corrected chi connectivity index (χ4v) is 3.13. The molecule has 0 aromatic heterocycles. The average Bonchev–Trinajstić information content (AvgIpc) is 2.69. The Bertz CT molecular complexity index is 986. The summed E-state index contributed by atoms with van der Waals surface area (Å²) in [7, 11) is 2.12. The number of hydrogen-bond acceptors (Lipinski definition) is 0. The van der Waals surface area contributed by atoms with E-state index in [0.29, 0.717) is 0 Å². The highest BCUT2D eigenvalue weighted by molar-refractivity contribution is 6.32. The van der Waals surface area contributed by atoms with Crippen molar-refractivity contribution in [1.29, 1.82) is 0 Å². The van der Waals surface area contributed by atoms with E-state index in [1.54, 1.807) is 0 Å². The van der Waals surface area contributed by atoms with E-state index >= 15 is 0 Å². The molecule has 0 nitrogen and oxygen atoms in total. The minimum Gasteiger partial charge on any atom is -0.0889 e. The first-order valence-corrected chi connectivity index (χ1v) is 8.62. The van der Waals surface area contributed by atoms with Crippen LogP contribution in [0.3, 0.4) is 0 Å². The SMILES string of the molecule is Bc1ccc(-c2cccc(-c3cccc(-c4ccccc4)c3)c2)cc1. The molecule has 4 rings (SSSR count). The summed E-state index contributed by atoms with van der Waals surface area (Å²) in [6.07, 6.45) is 0. The van der Waals surface area contributed by atoms with Crippen molar-refractivity contribution >= 4 is 13.3 Å².